The molecule has 1 aromatic carbocycles. The van der Waals surface area contributed by atoms with Crippen LogP contribution in [0.15, 0.2) is 36.4 Å². The predicted octanol–water partition coefficient (Wildman–Crippen LogP) is 3.04. The molecule has 0 N–H and O–H groups in total. The van der Waals surface area contributed by atoms with Gasteiger partial charge < -0.3 is 9.47 Å². The van der Waals surface area contributed by atoms with Gasteiger partial charge in [-0.1, -0.05) is 48.9 Å². The van der Waals surface area contributed by atoms with Gasteiger partial charge in [-0.15, -0.1) is 0 Å². The largest absolute Gasteiger partial charge is 0.468 e. The lowest BCUT2D eigenvalue weighted by Gasteiger charge is -2.30. The Labute approximate surface area is 148 Å². The first-order valence-electron chi connectivity index (χ1n) is 8.50. The number of rotatable bonds is 6. The number of methoxy groups -OCH3 is 2. The van der Waals surface area contributed by atoms with Gasteiger partial charge >= 0.3 is 11.9 Å². The minimum atomic E-state index is -1.14. The summed E-state index contributed by atoms with van der Waals surface area (Å²) in [5.41, 5.74) is 0.934. The van der Waals surface area contributed by atoms with Crippen LogP contribution in [0.5, 0.6) is 0 Å². The van der Waals surface area contributed by atoms with Crippen LogP contribution in [0.3, 0.4) is 0 Å². The molecule has 0 spiro atoms. The Bertz CT molecular complexity index is 619. The zero-order valence-electron chi connectivity index (χ0n) is 14.6. The van der Waals surface area contributed by atoms with E-state index in [2.05, 4.69) is 0 Å². The molecule has 0 aromatic heterocycles. The molecule has 0 heterocycles. The van der Waals surface area contributed by atoms with E-state index < -0.39 is 23.8 Å². The fourth-order valence-corrected chi connectivity index (χ4v) is 3.35. The molecule has 1 aliphatic carbocycles. The van der Waals surface area contributed by atoms with E-state index in [-0.39, 0.29) is 11.7 Å². The molecule has 1 aromatic rings. The van der Waals surface area contributed by atoms with Crippen LogP contribution in [-0.4, -0.2) is 31.9 Å². The van der Waals surface area contributed by atoms with E-state index in [9.17, 15) is 14.4 Å². The van der Waals surface area contributed by atoms with Crippen LogP contribution in [0.2, 0.25) is 0 Å². The third-order valence-electron chi connectivity index (χ3n) is 4.67. The molecular weight excluding hydrogens is 320 g/mol. The van der Waals surface area contributed by atoms with Crippen LogP contribution in [0.4, 0.5) is 0 Å². The Balaban J connectivity index is 2.38. The molecule has 2 rings (SSSR count). The highest BCUT2D eigenvalue weighted by atomic mass is 16.5. The van der Waals surface area contributed by atoms with E-state index in [4.69, 9.17) is 9.47 Å². The normalized spacial score (nSPS) is 19.0. The fourth-order valence-electron chi connectivity index (χ4n) is 3.35. The molecule has 0 aliphatic heterocycles. The van der Waals surface area contributed by atoms with Crippen molar-refractivity contribution in [3.05, 3.63) is 42.0 Å². The topological polar surface area (TPSA) is 69.7 Å². The van der Waals surface area contributed by atoms with Crippen molar-refractivity contribution in [1.29, 1.82) is 0 Å². The van der Waals surface area contributed by atoms with Crippen LogP contribution < -0.4 is 0 Å². The molecule has 1 aliphatic rings. The van der Waals surface area contributed by atoms with Gasteiger partial charge in [0, 0.05) is 18.3 Å². The van der Waals surface area contributed by atoms with Crippen molar-refractivity contribution >= 4 is 23.8 Å². The maximum atomic E-state index is 12.4. The van der Waals surface area contributed by atoms with Crippen molar-refractivity contribution in [3.8, 4) is 0 Å². The summed E-state index contributed by atoms with van der Waals surface area (Å²) in [4.78, 5) is 36.9. The Kier molecular flexibility index (Phi) is 6.92. The standard InChI is InChI=1S/C20H24O5/c1-24-19(22)18(20(23)25-2)16(15-10-6-7-11-17(15)21)13-12-14-8-4-3-5-9-14/h3-5,8-9,12-13,15-16,18H,6-7,10-11H2,1-2H3/b13-12+/t15-,16-/m0/s1. The molecule has 0 radical (unpaired) electrons. The first-order chi connectivity index (χ1) is 12.1. The summed E-state index contributed by atoms with van der Waals surface area (Å²) in [5.74, 6) is -3.35. The SMILES string of the molecule is COC(=O)C(C(=O)OC)[C@@H](/C=C/c1ccccc1)[C@@H]1CCCCC1=O. The van der Waals surface area contributed by atoms with Gasteiger partial charge in [0.2, 0.25) is 0 Å². The maximum absolute atomic E-state index is 12.4. The van der Waals surface area contributed by atoms with Gasteiger partial charge in [0.15, 0.2) is 5.92 Å². The third kappa shape index (κ3) is 4.78. The number of carbonyl (C=O) groups is 3. The zero-order chi connectivity index (χ0) is 18.2. The zero-order valence-corrected chi connectivity index (χ0v) is 14.6. The van der Waals surface area contributed by atoms with E-state index in [0.29, 0.717) is 12.8 Å². The summed E-state index contributed by atoms with van der Waals surface area (Å²) in [6.07, 6.45) is 6.52. The van der Waals surface area contributed by atoms with Crippen LogP contribution in [0, 0.1) is 17.8 Å². The summed E-state index contributed by atoms with van der Waals surface area (Å²) >= 11 is 0. The highest BCUT2D eigenvalue weighted by Crippen LogP contribution is 2.34. The van der Waals surface area contributed by atoms with Crippen LogP contribution in [-0.2, 0) is 23.9 Å². The van der Waals surface area contributed by atoms with Gasteiger partial charge in [-0.25, -0.2) is 0 Å². The second kappa shape index (κ2) is 9.16. The second-order valence-corrected chi connectivity index (χ2v) is 6.19. The van der Waals surface area contributed by atoms with Crippen molar-refractivity contribution in [2.45, 2.75) is 25.7 Å². The summed E-state index contributed by atoms with van der Waals surface area (Å²) in [6, 6.07) is 9.55. The van der Waals surface area contributed by atoms with Gasteiger partial charge in [0.1, 0.15) is 5.78 Å². The van der Waals surface area contributed by atoms with Crippen LogP contribution in [0.25, 0.3) is 6.08 Å². The highest BCUT2D eigenvalue weighted by molar-refractivity contribution is 5.96. The van der Waals surface area contributed by atoms with Crippen molar-refractivity contribution < 1.29 is 23.9 Å². The molecule has 5 heteroatoms. The quantitative estimate of drug-likeness (QED) is 0.586. The molecule has 25 heavy (non-hydrogen) atoms. The van der Waals surface area contributed by atoms with Gasteiger partial charge in [-0.05, 0) is 18.4 Å². The van der Waals surface area contributed by atoms with Crippen molar-refractivity contribution in [3.63, 3.8) is 0 Å². The van der Waals surface area contributed by atoms with E-state index in [1.54, 1.807) is 6.08 Å². The average Bonchev–Trinajstić information content (AvgIpc) is 2.65. The van der Waals surface area contributed by atoms with Gasteiger partial charge in [-0.3, -0.25) is 14.4 Å². The van der Waals surface area contributed by atoms with Crippen molar-refractivity contribution in [2.75, 3.05) is 14.2 Å². The number of Topliss-reactive ketones (excluding diaryl/α,β-unsaturated/α-hetero) is 1. The Morgan fingerprint density at radius 1 is 1.08 bits per heavy atom. The van der Waals surface area contributed by atoms with E-state index >= 15 is 0 Å². The smallest absolute Gasteiger partial charge is 0.320 e. The number of esters is 2. The molecular formula is C20H24O5. The Morgan fingerprint density at radius 2 is 1.72 bits per heavy atom. The summed E-state index contributed by atoms with van der Waals surface area (Å²) in [6.45, 7) is 0. The summed E-state index contributed by atoms with van der Waals surface area (Å²) in [5, 5.41) is 0. The lowest BCUT2D eigenvalue weighted by atomic mass is 9.73. The molecule has 2 atom stereocenters. The molecule has 1 saturated carbocycles. The molecule has 134 valence electrons. The molecule has 0 amide bonds. The number of carbonyl (C=O) groups excluding carboxylic acids is 3. The summed E-state index contributed by atoms with van der Waals surface area (Å²) < 4.78 is 9.62. The number of hydrogen-bond donors (Lipinski definition) is 0. The number of allylic oxidation sites excluding steroid dienone is 1. The minimum absolute atomic E-state index is 0.0896. The molecule has 5 nitrogen and oxygen atoms in total. The predicted molar refractivity (Wildman–Crippen MR) is 93.5 cm³/mol. The first-order valence-corrected chi connectivity index (χ1v) is 8.50. The fraction of sp³-hybridized carbons (Fsp3) is 0.450. The molecule has 0 saturated heterocycles. The monoisotopic (exact) mass is 344 g/mol. The lowest BCUT2D eigenvalue weighted by molar-refractivity contribution is -0.162. The minimum Gasteiger partial charge on any atom is -0.468 e. The number of ketones is 1. The second-order valence-electron chi connectivity index (χ2n) is 6.19. The molecule has 0 bridgehead atoms. The Morgan fingerprint density at radius 3 is 2.28 bits per heavy atom. The van der Waals surface area contributed by atoms with Crippen LogP contribution >= 0.6 is 0 Å². The van der Waals surface area contributed by atoms with E-state index in [1.165, 1.54) is 14.2 Å². The van der Waals surface area contributed by atoms with Gasteiger partial charge in [0.05, 0.1) is 14.2 Å². The van der Waals surface area contributed by atoms with Gasteiger partial charge in [0.25, 0.3) is 0 Å². The first kappa shape index (κ1) is 18.9. The van der Waals surface area contributed by atoms with Crippen LogP contribution in [0.1, 0.15) is 31.2 Å². The van der Waals surface area contributed by atoms with Crippen molar-refractivity contribution in [2.24, 2.45) is 17.8 Å². The highest BCUT2D eigenvalue weighted by Gasteiger charge is 2.42. The maximum Gasteiger partial charge on any atom is 0.320 e. The van der Waals surface area contributed by atoms with Gasteiger partial charge in [-0.2, -0.15) is 0 Å². The van der Waals surface area contributed by atoms with E-state index in [0.717, 1.165) is 18.4 Å². The van der Waals surface area contributed by atoms with E-state index in [1.807, 2.05) is 36.4 Å². The summed E-state index contributed by atoms with van der Waals surface area (Å²) in [7, 11) is 2.47. The third-order valence-corrected chi connectivity index (χ3v) is 4.67. The number of hydrogen-bond acceptors (Lipinski definition) is 5. The Hall–Kier alpha value is -2.43. The van der Waals surface area contributed by atoms with Crippen molar-refractivity contribution in [1.82, 2.24) is 0 Å². The number of ether oxygens (including phenoxy) is 2. The average molecular weight is 344 g/mol. The number of benzene rings is 1. The lowest BCUT2D eigenvalue weighted by Crippen LogP contribution is -2.39. The molecule has 0 unspecified atom stereocenters. The molecule has 1 fully saturated rings.